The van der Waals surface area contributed by atoms with Gasteiger partial charge in [-0.2, -0.15) is 0 Å². The number of para-hydroxylation sites is 1. The first kappa shape index (κ1) is 20.9. The molecule has 3 aromatic rings. The molecule has 0 unspecified atom stereocenters. The Morgan fingerprint density at radius 3 is 2.88 bits per heavy atom. The molecule has 0 spiro atoms. The summed E-state index contributed by atoms with van der Waals surface area (Å²) in [5, 5.41) is 0. The molecular weight excluding hydrogens is 400 g/mol. The van der Waals surface area contributed by atoms with E-state index in [0.29, 0.717) is 6.54 Å². The maximum Gasteiger partial charge on any atom is 0.231 e. The van der Waals surface area contributed by atoms with E-state index in [2.05, 4.69) is 32.4 Å². The molecule has 1 saturated heterocycles. The van der Waals surface area contributed by atoms with Crippen LogP contribution in [0, 0.1) is 5.92 Å². The summed E-state index contributed by atoms with van der Waals surface area (Å²) in [6.07, 6.45) is 9.04. The second-order valence-electron chi connectivity index (χ2n) is 9.02. The molecule has 7 nitrogen and oxygen atoms in total. The average Bonchev–Trinajstić information content (AvgIpc) is 3.03. The number of carbonyl (C=O) groups excluding carboxylic acids is 1. The molecule has 7 heteroatoms. The van der Waals surface area contributed by atoms with Crippen molar-refractivity contribution in [2.24, 2.45) is 5.92 Å². The highest BCUT2D eigenvalue weighted by molar-refractivity contribution is 5.96. The number of imidazole rings is 1. The van der Waals surface area contributed by atoms with Crippen molar-refractivity contribution < 1.29 is 4.79 Å². The van der Waals surface area contributed by atoms with E-state index in [1.54, 1.807) is 6.33 Å². The minimum absolute atomic E-state index is 0.0517. The molecule has 4 heterocycles. The lowest BCUT2D eigenvalue weighted by molar-refractivity contribution is -0.122. The van der Waals surface area contributed by atoms with E-state index in [4.69, 9.17) is 4.98 Å². The minimum atomic E-state index is -0.0517. The predicted molar refractivity (Wildman–Crippen MR) is 127 cm³/mol. The van der Waals surface area contributed by atoms with Crippen molar-refractivity contribution in [2.75, 3.05) is 29.9 Å². The van der Waals surface area contributed by atoms with Gasteiger partial charge in [-0.1, -0.05) is 31.5 Å². The molecule has 1 atom stereocenters. The third kappa shape index (κ3) is 3.74. The van der Waals surface area contributed by atoms with Crippen molar-refractivity contribution >= 4 is 28.6 Å². The van der Waals surface area contributed by atoms with Crippen molar-refractivity contribution in [3.05, 3.63) is 42.0 Å². The summed E-state index contributed by atoms with van der Waals surface area (Å²) in [6, 6.07) is 8.19. The van der Waals surface area contributed by atoms with Crippen LogP contribution < -0.4 is 9.80 Å². The van der Waals surface area contributed by atoms with Gasteiger partial charge < -0.3 is 14.4 Å². The standard InChI is InChI=1S/C25H32N6O/c1-3-18-10-6-7-12-20(18)29(2)25(32)19-11-9-14-30(16-19)23-22-24(27-17-26-23)31-15-8-4-5-13-21(31)28-22/h6-7,10,12,17,19H,3-5,8-9,11,13-16H2,1-2H3/t19-/m1/s1. The van der Waals surface area contributed by atoms with E-state index in [1.165, 1.54) is 24.8 Å². The van der Waals surface area contributed by atoms with E-state index >= 15 is 0 Å². The maximum atomic E-state index is 13.5. The number of rotatable bonds is 4. The smallest absolute Gasteiger partial charge is 0.231 e. The van der Waals surface area contributed by atoms with Crippen LogP contribution in [0.5, 0.6) is 0 Å². The zero-order valence-electron chi connectivity index (χ0n) is 19.1. The van der Waals surface area contributed by atoms with E-state index in [0.717, 1.165) is 67.3 Å². The van der Waals surface area contributed by atoms with E-state index in [-0.39, 0.29) is 11.8 Å². The Bertz CT molecular complexity index is 1120. The van der Waals surface area contributed by atoms with E-state index in [9.17, 15) is 4.79 Å². The van der Waals surface area contributed by atoms with Crippen LogP contribution in [0.4, 0.5) is 11.5 Å². The number of fused-ring (bicyclic) bond motifs is 3. The summed E-state index contributed by atoms with van der Waals surface area (Å²) in [6.45, 7) is 4.68. The Morgan fingerprint density at radius 2 is 2.00 bits per heavy atom. The van der Waals surface area contributed by atoms with E-state index in [1.807, 2.05) is 30.1 Å². The fourth-order valence-corrected chi connectivity index (χ4v) is 5.26. The number of hydrogen-bond acceptors (Lipinski definition) is 5. The van der Waals surface area contributed by atoms with Gasteiger partial charge in [0.15, 0.2) is 17.0 Å². The van der Waals surface area contributed by atoms with Gasteiger partial charge in [0.25, 0.3) is 0 Å². The quantitative estimate of drug-likeness (QED) is 0.624. The third-order valence-electron chi connectivity index (χ3n) is 7.01. The Labute approximate surface area is 189 Å². The lowest BCUT2D eigenvalue weighted by Crippen LogP contribution is -2.44. The fraction of sp³-hybridized carbons (Fsp3) is 0.520. The Hall–Kier alpha value is -2.96. The Balaban J connectivity index is 1.41. The highest BCUT2D eigenvalue weighted by atomic mass is 16.2. The van der Waals surface area contributed by atoms with Crippen LogP contribution in [0.15, 0.2) is 30.6 Å². The Kier molecular flexibility index (Phi) is 5.81. The molecule has 1 fully saturated rings. The lowest BCUT2D eigenvalue weighted by Gasteiger charge is -2.35. The molecule has 1 amide bonds. The predicted octanol–water partition coefficient (Wildman–Crippen LogP) is 3.99. The highest BCUT2D eigenvalue weighted by Gasteiger charge is 2.31. The third-order valence-corrected chi connectivity index (χ3v) is 7.01. The SMILES string of the molecule is CCc1ccccc1N(C)C(=O)[C@@H]1CCCN(c2ncnc3c2nc2n3CCCCC2)C1. The van der Waals surface area contributed by atoms with Gasteiger partial charge in [-0.05, 0) is 43.7 Å². The zero-order chi connectivity index (χ0) is 22.1. The van der Waals surface area contributed by atoms with Crippen molar-refractivity contribution in [1.29, 1.82) is 0 Å². The molecular formula is C25H32N6O. The van der Waals surface area contributed by atoms with Crippen molar-refractivity contribution in [3.8, 4) is 0 Å². The fourth-order valence-electron chi connectivity index (χ4n) is 5.26. The molecule has 2 aromatic heterocycles. The molecule has 2 aliphatic rings. The number of benzene rings is 1. The number of aryl methyl sites for hydroxylation is 3. The van der Waals surface area contributed by atoms with E-state index < -0.39 is 0 Å². The van der Waals surface area contributed by atoms with Gasteiger partial charge in [-0.15, -0.1) is 0 Å². The summed E-state index contributed by atoms with van der Waals surface area (Å²) >= 11 is 0. The molecule has 0 saturated carbocycles. The average molecular weight is 433 g/mol. The topological polar surface area (TPSA) is 67.2 Å². The normalized spacial score (nSPS) is 18.9. The summed E-state index contributed by atoms with van der Waals surface area (Å²) in [5.41, 5.74) is 4.05. The van der Waals surface area contributed by atoms with Crippen LogP contribution in [0.25, 0.3) is 11.2 Å². The summed E-state index contributed by atoms with van der Waals surface area (Å²) in [4.78, 5) is 31.7. The first-order chi connectivity index (χ1) is 15.7. The van der Waals surface area contributed by atoms with Gasteiger partial charge in [0.1, 0.15) is 12.2 Å². The first-order valence-electron chi connectivity index (χ1n) is 12.0. The molecule has 0 bridgehead atoms. The minimum Gasteiger partial charge on any atom is -0.354 e. The van der Waals surface area contributed by atoms with Crippen molar-refractivity contribution in [1.82, 2.24) is 19.5 Å². The number of nitrogens with zero attached hydrogens (tertiary/aromatic N) is 6. The van der Waals surface area contributed by atoms with Crippen LogP contribution in [0.1, 0.15) is 50.4 Å². The van der Waals surface area contributed by atoms with Crippen LogP contribution in [0.3, 0.4) is 0 Å². The largest absolute Gasteiger partial charge is 0.354 e. The van der Waals surface area contributed by atoms with Gasteiger partial charge >= 0.3 is 0 Å². The van der Waals surface area contributed by atoms with Gasteiger partial charge in [0.05, 0.1) is 5.92 Å². The second-order valence-corrected chi connectivity index (χ2v) is 9.02. The Morgan fingerprint density at radius 1 is 1.12 bits per heavy atom. The first-order valence-corrected chi connectivity index (χ1v) is 12.0. The van der Waals surface area contributed by atoms with Crippen molar-refractivity contribution in [3.63, 3.8) is 0 Å². The number of amides is 1. The monoisotopic (exact) mass is 432 g/mol. The van der Waals surface area contributed by atoms with Crippen LogP contribution in [-0.2, 0) is 24.2 Å². The molecule has 0 N–H and O–H groups in total. The van der Waals surface area contributed by atoms with Gasteiger partial charge in [-0.25, -0.2) is 15.0 Å². The molecule has 5 rings (SSSR count). The summed E-state index contributed by atoms with van der Waals surface area (Å²) in [7, 11) is 1.91. The second kappa shape index (κ2) is 8.88. The molecule has 0 aliphatic carbocycles. The highest BCUT2D eigenvalue weighted by Crippen LogP contribution is 2.31. The van der Waals surface area contributed by atoms with Crippen LogP contribution in [0.2, 0.25) is 0 Å². The van der Waals surface area contributed by atoms with Gasteiger partial charge in [0, 0.05) is 38.8 Å². The number of carbonyl (C=O) groups is 1. The summed E-state index contributed by atoms with van der Waals surface area (Å²) < 4.78 is 2.27. The lowest BCUT2D eigenvalue weighted by atomic mass is 9.96. The van der Waals surface area contributed by atoms with Gasteiger partial charge in [0.2, 0.25) is 5.91 Å². The maximum absolute atomic E-state index is 13.5. The number of anilines is 2. The zero-order valence-corrected chi connectivity index (χ0v) is 19.1. The number of hydrogen-bond donors (Lipinski definition) is 0. The van der Waals surface area contributed by atoms with Crippen molar-refractivity contribution in [2.45, 2.75) is 58.4 Å². The van der Waals surface area contributed by atoms with Crippen LogP contribution in [-0.4, -0.2) is 45.6 Å². The molecule has 1 aromatic carbocycles. The van der Waals surface area contributed by atoms with Gasteiger partial charge in [-0.3, -0.25) is 4.79 Å². The molecule has 2 aliphatic heterocycles. The molecule has 32 heavy (non-hydrogen) atoms. The molecule has 168 valence electrons. The number of aromatic nitrogens is 4. The number of piperidine rings is 1. The van der Waals surface area contributed by atoms with Crippen LogP contribution >= 0.6 is 0 Å². The molecule has 0 radical (unpaired) electrons. The summed E-state index contributed by atoms with van der Waals surface area (Å²) in [5.74, 6) is 2.13.